The summed E-state index contributed by atoms with van der Waals surface area (Å²) >= 11 is 12.1. The Morgan fingerprint density at radius 1 is 1.50 bits per heavy atom. The van der Waals surface area contributed by atoms with Gasteiger partial charge in [-0.05, 0) is 24.6 Å². The van der Waals surface area contributed by atoms with Crippen LogP contribution in [-0.4, -0.2) is 16.6 Å². The number of rotatable bonds is 2. The molecule has 2 rings (SSSR count). The molecule has 0 radical (unpaired) electrons. The molecule has 1 amide bonds. The van der Waals surface area contributed by atoms with Crippen molar-refractivity contribution in [2.24, 2.45) is 5.10 Å². The van der Waals surface area contributed by atoms with Crippen molar-refractivity contribution in [2.45, 2.75) is 32.7 Å². The van der Waals surface area contributed by atoms with Crippen LogP contribution in [0, 0.1) is 0 Å². The Morgan fingerprint density at radius 2 is 2.22 bits per heavy atom. The van der Waals surface area contributed by atoms with E-state index in [4.69, 9.17) is 23.2 Å². The number of carbonyl (C=O) groups is 1. The fourth-order valence-corrected chi connectivity index (χ4v) is 2.60. The molecular weight excluding hydrogens is 271 g/mol. The van der Waals surface area contributed by atoms with Crippen LogP contribution in [0.5, 0.6) is 0 Å². The number of benzene rings is 1. The Kier molecular flexibility index (Phi) is 3.93. The van der Waals surface area contributed by atoms with Gasteiger partial charge in [-0.3, -0.25) is 4.79 Å². The molecule has 3 nitrogen and oxygen atoms in total. The Balaban J connectivity index is 2.35. The molecule has 0 saturated heterocycles. The lowest BCUT2D eigenvalue weighted by Gasteiger charge is -2.22. The van der Waals surface area contributed by atoms with E-state index in [-0.39, 0.29) is 11.9 Å². The maximum Gasteiger partial charge on any atom is 0.242 e. The molecule has 1 heterocycles. The molecule has 96 valence electrons. The monoisotopic (exact) mass is 284 g/mol. The van der Waals surface area contributed by atoms with E-state index in [9.17, 15) is 4.79 Å². The van der Waals surface area contributed by atoms with Crippen LogP contribution in [0.15, 0.2) is 23.3 Å². The van der Waals surface area contributed by atoms with Gasteiger partial charge >= 0.3 is 0 Å². The summed E-state index contributed by atoms with van der Waals surface area (Å²) in [4.78, 5) is 11.9. The fourth-order valence-electron chi connectivity index (χ4n) is 2.07. The first-order chi connectivity index (χ1) is 8.52. The average molecular weight is 285 g/mol. The minimum atomic E-state index is -0.109. The highest BCUT2D eigenvalue weighted by Gasteiger charge is 2.31. The SMILES string of the molecule is CCC(=O)N1N=C(C)CC1c1ccc(Cl)cc1Cl. The molecule has 0 saturated carbocycles. The summed E-state index contributed by atoms with van der Waals surface area (Å²) in [5.41, 5.74) is 1.83. The van der Waals surface area contributed by atoms with E-state index in [0.29, 0.717) is 22.9 Å². The molecule has 0 spiro atoms. The van der Waals surface area contributed by atoms with Crippen LogP contribution >= 0.6 is 23.2 Å². The minimum absolute atomic E-state index is 0.00265. The highest BCUT2D eigenvalue weighted by molar-refractivity contribution is 6.35. The summed E-state index contributed by atoms with van der Waals surface area (Å²) in [5.74, 6) is 0.00265. The van der Waals surface area contributed by atoms with Gasteiger partial charge in [-0.2, -0.15) is 5.10 Å². The van der Waals surface area contributed by atoms with Crippen LogP contribution in [0.3, 0.4) is 0 Å². The van der Waals surface area contributed by atoms with Crippen molar-refractivity contribution in [3.63, 3.8) is 0 Å². The van der Waals surface area contributed by atoms with Gasteiger partial charge in [0.25, 0.3) is 0 Å². The molecule has 1 unspecified atom stereocenters. The second-order valence-electron chi connectivity index (χ2n) is 4.31. The van der Waals surface area contributed by atoms with Gasteiger partial charge in [-0.15, -0.1) is 0 Å². The van der Waals surface area contributed by atoms with Crippen molar-refractivity contribution in [1.82, 2.24) is 5.01 Å². The molecule has 1 aliphatic heterocycles. The van der Waals surface area contributed by atoms with Crippen molar-refractivity contribution in [3.8, 4) is 0 Å². The zero-order chi connectivity index (χ0) is 13.3. The van der Waals surface area contributed by atoms with E-state index in [2.05, 4.69) is 5.10 Å². The molecule has 1 aromatic carbocycles. The molecule has 1 aromatic rings. The lowest BCUT2D eigenvalue weighted by molar-refractivity contribution is -0.132. The molecule has 0 aliphatic carbocycles. The van der Waals surface area contributed by atoms with Gasteiger partial charge in [0.15, 0.2) is 0 Å². The largest absolute Gasteiger partial charge is 0.273 e. The molecule has 1 aliphatic rings. The van der Waals surface area contributed by atoms with E-state index >= 15 is 0 Å². The predicted octanol–water partition coefficient (Wildman–Crippen LogP) is 4.05. The maximum atomic E-state index is 11.9. The van der Waals surface area contributed by atoms with Crippen molar-refractivity contribution >= 4 is 34.8 Å². The lowest BCUT2D eigenvalue weighted by Crippen LogP contribution is -2.26. The van der Waals surface area contributed by atoms with Crippen LogP contribution in [0.1, 0.15) is 38.3 Å². The Labute approximate surface area is 116 Å². The van der Waals surface area contributed by atoms with Gasteiger partial charge in [0.2, 0.25) is 5.91 Å². The fraction of sp³-hybridized carbons (Fsp3) is 0.385. The minimum Gasteiger partial charge on any atom is -0.273 e. The summed E-state index contributed by atoms with van der Waals surface area (Å²) in [6.45, 7) is 3.74. The summed E-state index contributed by atoms with van der Waals surface area (Å²) in [6.07, 6.45) is 1.14. The van der Waals surface area contributed by atoms with Crippen LogP contribution < -0.4 is 0 Å². The van der Waals surface area contributed by atoms with Crippen molar-refractivity contribution < 1.29 is 4.79 Å². The first-order valence-corrected chi connectivity index (χ1v) is 6.59. The average Bonchev–Trinajstić information content (AvgIpc) is 2.70. The van der Waals surface area contributed by atoms with Crippen molar-refractivity contribution in [2.75, 3.05) is 0 Å². The van der Waals surface area contributed by atoms with Gasteiger partial charge in [-0.25, -0.2) is 5.01 Å². The zero-order valence-electron chi connectivity index (χ0n) is 10.3. The standard InChI is InChI=1S/C13H14Cl2N2O/c1-3-13(18)17-12(6-8(2)16-17)10-5-4-9(14)7-11(10)15/h4-5,7,12H,3,6H2,1-2H3. The molecule has 0 aromatic heterocycles. The van der Waals surface area contributed by atoms with Gasteiger partial charge in [0, 0.05) is 28.6 Å². The first kappa shape index (κ1) is 13.4. The van der Waals surface area contributed by atoms with Crippen LogP contribution in [0.25, 0.3) is 0 Å². The van der Waals surface area contributed by atoms with Crippen LogP contribution in [-0.2, 0) is 4.79 Å². The van der Waals surface area contributed by atoms with Gasteiger partial charge in [-0.1, -0.05) is 36.2 Å². The maximum absolute atomic E-state index is 11.9. The van der Waals surface area contributed by atoms with Gasteiger partial charge in [0.1, 0.15) is 0 Å². The van der Waals surface area contributed by atoms with E-state index in [0.717, 1.165) is 11.3 Å². The van der Waals surface area contributed by atoms with Crippen molar-refractivity contribution in [1.29, 1.82) is 0 Å². The number of halogens is 2. The van der Waals surface area contributed by atoms with Gasteiger partial charge < -0.3 is 0 Å². The normalized spacial score (nSPS) is 19.0. The van der Waals surface area contributed by atoms with Crippen LogP contribution in [0.4, 0.5) is 0 Å². The van der Waals surface area contributed by atoms with E-state index in [1.165, 1.54) is 5.01 Å². The highest BCUT2D eigenvalue weighted by Crippen LogP contribution is 2.36. The highest BCUT2D eigenvalue weighted by atomic mass is 35.5. The van der Waals surface area contributed by atoms with E-state index < -0.39 is 0 Å². The zero-order valence-corrected chi connectivity index (χ0v) is 11.8. The summed E-state index contributed by atoms with van der Waals surface area (Å²) in [6, 6.07) is 5.23. The molecule has 0 N–H and O–H groups in total. The molecular formula is C13H14Cl2N2O. The molecule has 0 bridgehead atoms. The number of nitrogens with zero attached hydrogens (tertiary/aromatic N) is 2. The summed E-state index contributed by atoms with van der Waals surface area (Å²) in [7, 11) is 0. The van der Waals surface area contributed by atoms with Crippen LogP contribution in [0.2, 0.25) is 10.0 Å². The Morgan fingerprint density at radius 3 is 2.83 bits per heavy atom. The van der Waals surface area contributed by atoms with E-state index in [1.54, 1.807) is 12.1 Å². The quantitative estimate of drug-likeness (QED) is 0.806. The first-order valence-electron chi connectivity index (χ1n) is 5.84. The third-order valence-corrected chi connectivity index (χ3v) is 3.50. The molecule has 18 heavy (non-hydrogen) atoms. The van der Waals surface area contributed by atoms with E-state index in [1.807, 2.05) is 19.9 Å². The Hall–Kier alpha value is -1.06. The molecule has 1 atom stereocenters. The summed E-state index contributed by atoms with van der Waals surface area (Å²) < 4.78 is 0. The molecule has 5 heteroatoms. The molecule has 0 fully saturated rings. The third kappa shape index (κ3) is 2.52. The number of hydrogen-bond donors (Lipinski definition) is 0. The predicted molar refractivity (Wildman–Crippen MR) is 74.1 cm³/mol. The second-order valence-corrected chi connectivity index (χ2v) is 5.16. The summed E-state index contributed by atoms with van der Waals surface area (Å²) in [5, 5.41) is 6.99. The third-order valence-electron chi connectivity index (χ3n) is 2.94. The topological polar surface area (TPSA) is 32.7 Å². The lowest BCUT2D eigenvalue weighted by atomic mass is 10.0. The number of hydrogen-bond acceptors (Lipinski definition) is 2. The Bertz CT molecular complexity index is 514. The number of amides is 1. The number of carbonyl (C=O) groups excluding carboxylic acids is 1. The number of hydrazone groups is 1. The smallest absolute Gasteiger partial charge is 0.242 e. The second kappa shape index (κ2) is 5.29. The van der Waals surface area contributed by atoms with Crippen molar-refractivity contribution in [3.05, 3.63) is 33.8 Å². The van der Waals surface area contributed by atoms with Gasteiger partial charge in [0.05, 0.1) is 6.04 Å².